The molecule has 0 aromatic carbocycles. The van der Waals surface area contributed by atoms with Gasteiger partial charge >= 0.3 is 0 Å². The van der Waals surface area contributed by atoms with E-state index in [1.807, 2.05) is 0 Å². The van der Waals surface area contributed by atoms with Crippen LogP contribution in [0, 0.1) is 5.92 Å². The van der Waals surface area contributed by atoms with Crippen molar-refractivity contribution in [2.24, 2.45) is 5.92 Å². The quantitative estimate of drug-likeness (QED) is 0.474. The van der Waals surface area contributed by atoms with Gasteiger partial charge in [0, 0.05) is 6.04 Å². The summed E-state index contributed by atoms with van der Waals surface area (Å²) in [6.45, 7) is 5.13. The molecule has 3 rings (SSSR count). The van der Waals surface area contributed by atoms with Gasteiger partial charge in [0.2, 0.25) is 0 Å². The Kier molecular flexibility index (Phi) is 1.26. The Bertz CT molecular complexity index is 103. The smallest absolute Gasteiger partial charge is 0.00695 e. The Balaban J connectivity index is 2.06. The third-order valence-corrected chi connectivity index (χ3v) is 2.95. The van der Waals surface area contributed by atoms with Gasteiger partial charge in [0.05, 0.1) is 0 Å². The van der Waals surface area contributed by atoms with Crippen LogP contribution in [0.25, 0.3) is 0 Å². The zero-order valence-corrected chi connectivity index (χ0v) is 6.14. The second-order valence-corrected chi connectivity index (χ2v) is 3.56. The summed E-state index contributed by atoms with van der Waals surface area (Å²) in [5, 5.41) is 0. The van der Waals surface area contributed by atoms with E-state index in [4.69, 9.17) is 0 Å². The highest BCUT2D eigenvalue weighted by Gasteiger charge is 2.30. The van der Waals surface area contributed by atoms with Gasteiger partial charge in [0.25, 0.3) is 0 Å². The number of rotatable bonds is 0. The summed E-state index contributed by atoms with van der Waals surface area (Å²) in [4.78, 5) is 2.62. The molecule has 3 aliphatic heterocycles. The number of hydrogen-bond acceptors (Lipinski definition) is 1. The minimum Gasteiger partial charge on any atom is -0.301 e. The van der Waals surface area contributed by atoms with Crippen LogP contribution < -0.4 is 0 Å². The Morgan fingerprint density at radius 1 is 1.22 bits per heavy atom. The maximum absolute atomic E-state index is 2.62. The summed E-state index contributed by atoms with van der Waals surface area (Å²) in [5.74, 6) is 1.09. The van der Waals surface area contributed by atoms with Crippen molar-refractivity contribution in [1.29, 1.82) is 0 Å². The first-order valence-electron chi connectivity index (χ1n) is 4.10. The van der Waals surface area contributed by atoms with Crippen LogP contribution in [0.3, 0.4) is 0 Å². The Labute approximate surface area is 57.0 Å². The van der Waals surface area contributed by atoms with Gasteiger partial charge in [-0.2, -0.15) is 0 Å². The second kappa shape index (κ2) is 1.98. The van der Waals surface area contributed by atoms with Gasteiger partial charge in [0.1, 0.15) is 0 Å². The molecule has 0 radical (unpaired) electrons. The maximum Gasteiger partial charge on any atom is 0.00695 e. The topological polar surface area (TPSA) is 3.24 Å². The number of nitrogens with zero attached hydrogens (tertiary/aromatic N) is 1. The van der Waals surface area contributed by atoms with E-state index >= 15 is 0 Å². The normalized spacial score (nSPS) is 49.7. The van der Waals surface area contributed by atoms with Crippen LogP contribution in [-0.4, -0.2) is 24.0 Å². The number of fused-ring (bicyclic) bond motifs is 3. The van der Waals surface area contributed by atoms with E-state index in [1.54, 1.807) is 0 Å². The van der Waals surface area contributed by atoms with E-state index in [-0.39, 0.29) is 0 Å². The first-order valence-corrected chi connectivity index (χ1v) is 4.10. The van der Waals surface area contributed by atoms with Gasteiger partial charge < -0.3 is 4.90 Å². The molecule has 0 amide bonds. The molecule has 52 valence electrons. The number of piperidine rings is 3. The van der Waals surface area contributed by atoms with Crippen LogP contribution in [0.15, 0.2) is 0 Å². The van der Waals surface area contributed by atoms with Gasteiger partial charge in [-0.15, -0.1) is 0 Å². The highest BCUT2D eigenvalue weighted by molar-refractivity contribution is 4.84. The molecule has 0 aliphatic carbocycles. The summed E-state index contributed by atoms with van der Waals surface area (Å²) in [6.07, 6.45) is 4.43. The molecule has 3 heterocycles. The van der Waals surface area contributed by atoms with Gasteiger partial charge in [-0.05, 0) is 45.2 Å². The third kappa shape index (κ3) is 0.877. The van der Waals surface area contributed by atoms with Crippen LogP contribution >= 0.6 is 0 Å². The standard InChI is InChI=1S/C8H15N/c1-7-6-8-2-4-9(7)5-3-8/h7-8H,2-6H2,1H3/t7-/m1/s1. The van der Waals surface area contributed by atoms with Crippen LogP contribution in [0.4, 0.5) is 0 Å². The van der Waals surface area contributed by atoms with Crippen LogP contribution in [0.5, 0.6) is 0 Å². The Hall–Kier alpha value is -0.0400. The van der Waals surface area contributed by atoms with Gasteiger partial charge in [-0.25, -0.2) is 0 Å². The number of hydrogen-bond donors (Lipinski definition) is 0. The molecule has 1 nitrogen and oxygen atoms in total. The highest BCUT2D eigenvalue weighted by Crippen LogP contribution is 2.30. The average Bonchev–Trinajstić information content (AvgIpc) is 1.90. The first-order chi connectivity index (χ1) is 4.36. The van der Waals surface area contributed by atoms with Crippen LogP contribution in [-0.2, 0) is 0 Å². The van der Waals surface area contributed by atoms with Crippen molar-refractivity contribution >= 4 is 0 Å². The molecule has 0 unspecified atom stereocenters. The molecule has 2 bridgehead atoms. The van der Waals surface area contributed by atoms with Crippen molar-refractivity contribution in [3.63, 3.8) is 0 Å². The minimum atomic E-state index is 0.900. The summed E-state index contributed by atoms with van der Waals surface area (Å²) in [6, 6.07) is 0.900. The molecule has 1 atom stereocenters. The molecule has 0 saturated carbocycles. The molecule has 0 spiro atoms. The lowest BCUT2D eigenvalue weighted by atomic mass is 9.84. The monoisotopic (exact) mass is 125 g/mol. The molecular formula is C8H15N. The maximum atomic E-state index is 2.62. The van der Waals surface area contributed by atoms with Crippen molar-refractivity contribution in [3.8, 4) is 0 Å². The van der Waals surface area contributed by atoms with Crippen molar-refractivity contribution in [1.82, 2.24) is 4.90 Å². The third-order valence-electron chi connectivity index (χ3n) is 2.95. The first kappa shape index (κ1) is 5.72. The van der Waals surface area contributed by atoms with Crippen LogP contribution in [0.1, 0.15) is 26.2 Å². The summed E-state index contributed by atoms with van der Waals surface area (Å²) >= 11 is 0. The SMILES string of the molecule is C[C@@H]1CC2CCN1CC2. The van der Waals surface area contributed by atoms with E-state index in [0.717, 1.165) is 12.0 Å². The Morgan fingerprint density at radius 3 is 2.11 bits per heavy atom. The fourth-order valence-electron chi connectivity index (χ4n) is 2.26. The Morgan fingerprint density at radius 2 is 1.89 bits per heavy atom. The molecule has 3 aliphatic rings. The highest BCUT2D eigenvalue weighted by atomic mass is 15.2. The molecule has 0 aromatic rings. The molecule has 0 aromatic heterocycles. The molecular weight excluding hydrogens is 110 g/mol. The minimum absolute atomic E-state index is 0.900. The molecule has 3 fully saturated rings. The van der Waals surface area contributed by atoms with Gasteiger partial charge in [-0.1, -0.05) is 0 Å². The largest absolute Gasteiger partial charge is 0.301 e. The summed E-state index contributed by atoms with van der Waals surface area (Å²) < 4.78 is 0. The van der Waals surface area contributed by atoms with Crippen molar-refractivity contribution in [2.45, 2.75) is 32.2 Å². The van der Waals surface area contributed by atoms with Gasteiger partial charge in [0.15, 0.2) is 0 Å². The zero-order chi connectivity index (χ0) is 6.27. The molecule has 0 N–H and O–H groups in total. The van der Waals surface area contributed by atoms with Crippen molar-refractivity contribution in [3.05, 3.63) is 0 Å². The van der Waals surface area contributed by atoms with Crippen LogP contribution in [0.2, 0.25) is 0 Å². The predicted octanol–water partition coefficient (Wildman–Crippen LogP) is 1.49. The van der Waals surface area contributed by atoms with E-state index < -0.39 is 0 Å². The predicted molar refractivity (Wildman–Crippen MR) is 38.4 cm³/mol. The van der Waals surface area contributed by atoms with E-state index in [2.05, 4.69) is 11.8 Å². The fourth-order valence-corrected chi connectivity index (χ4v) is 2.26. The summed E-state index contributed by atoms with van der Waals surface area (Å²) in [5.41, 5.74) is 0. The molecule has 3 saturated heterocycles. The summed E-state index contributed by atoms with van der Waals surface area (Å²) in [7, 11) is 0. The van der Waals surface area contributed by atoms with E-state index in [9.17, 15) is 0 Å². The molecule has 9 heavy (non-hydrogen) atoms. The van der Waals surface area contributed by atoms with Gasteiger partial charge in [-0.3, -0.25) is 0 Å². The lowest BCUT2D eigenvalue weighted by molar-refractivity contribution is 0.0594. The lowest BCUT2D eigenvalue weighted by Crippen LogP contribution is -2.46. The van der Waals surface area contributed by atoms with E-state index in [0.29, 0.717) is 0 Å². The molecule has 1 heteroatoms. The van der Waals surface area contributed by atoms with Crippen molar-refractivity contribution < 1.29 is 0 Å². The average molecular weight is 125 g/mol. The fraction of sp³-hybridized carbons (Fsp3) is 1.00. The zero-order valence-electron chi connectivity index (χ0n) is 6.14. The van der Waals surface area contributed by atoms with Crippen molar-refractivity contribution in [2.75, 3.05) is 13.1 Å². The lowest BCUT2D eigenvalue weighted by Gasteiger charge is -2.43. The second-order valence-electron chi connectivity index (χ2n) is 3.56. The van der Waals surface area contributed by atoms with E-state index in [1.165, 1.54) is 32.4 Å².